The molecule has 45 heavy (non-hydrogen) atoms. The molecule has 0 spiro atoms. The summed E-state index contributed by atoms with van der Waals surface area (Å²) in [4.78, 5) is 19.2. The fourth-order valence-electron chi connectivity index (χ4n) is 5.57. The molecule has 4 rings (SSSR count). The molecule has 0 radical (unpaired) electrons. The standard InChI is InChI=1S/C37H51N5O3/c1-3-4-21-39-37(38)41-36(43)20-16-29-15-19-33(35(26-29)45-25-10-24-44-2)31-17-13-30(14-18-31)27-40-34(28-42-22-8-9-23-42)32-11-6-5-7-12-32/h5-7,11-15,17-19,26,34,40H,3-4,8-10,16,20-25,27-28H2,1-2H3,(H3,38,39,41,43). The van der Waals surface area contributed by atoms with Crippen LogP contribution in [0.2, 0.25) is 0 Å². The summed E-state index contributed by atoms with van der Waals surface area (Å²) in [5.41, 5.74) is 11.6. The monoisotopic (exact) mass is 613 g/mol. The third-order valence-electron chi connectivity index (χ3n) is 8.16. The van der Waals surface area contributed by atoms with Crippen molar-refractivity contribution in [2.75, 3.05) is 46.5 Å². The minimum absolute atomic E-state index is 0.140. The van der Waals surface area contributed by atoms with E-state index in [9.17, 15) is 4.79 Å². The highest BCUT2D eigenvalue weighted by molar-refractivity contribution is 5.96. The highest BCUT2D eigenvalue weighted by Crippen LogP contribution is 2.32. The Morgan fingerprint density at radius 3 is 2.47 bits per heavy atom. The number of unbranched alkanes of at least 4 members (excludes halogenated alkanes) is 1. The molecule has 1 unspecified atom stereocenters. The number of hydrogen-bond acceptors (Lipinski definition) is 6. The summed E-state index contributed by atoms with van der Waals surface area (Å²) in [7, 11) is 1.70. The lowest BCUT2D eigenvalue weighted by atomic mass is 9.99. The van der Waals surface area contributed by atoms with Crippen molar-refractivity contribution < 1.29 is 14.3 Å². The average Bonchev–Trinajstić information content (AvgIpc) is 3.58. The van der Waals surface area contributed by atoms with E-state index in [4.69, 9.17) is 15.2 Å². The van der Waals surface area contributed by atoms with Crippen LogP contribution in [0.25, 0.3) is 11.1 Å². The van der Waals surface area contributed by atoms with E-state index in [2.05, 4.69) is 94.2 Å². The number of likely N-dealkylation sites (tertiary alicyclic amines) is 1. The fourth-order valence-corrected chi connectivity index (χ4v) is 5.57. The van der Waals surface area contributed by atoms with Gasteiger partial charge in [0.15, 0.2) is 5.96 Å². The second kappa shape index (κ2) is 18.9. The maximum Gasteiger partial charge on any atom is 0.226 e. The van der Waals surface area contributed by atoms with Crippen LogP contribution in [0.5, 0.6) is 5.75 Å². The average molecular weight is 614 g/mol. The highest BCUT2D eigenvalue weighted by atomic mass is 16.5. The van der Waals surface area contributed by atoms with Crippen molar-refractivity contribution in [1.82, 2.24) is 15.5 Å². The molecular weight excluding hydrogens is 562 g/mol. The maximum atomic E-state index is 12.4. The molecule has 1 atom stereocenters. The van der Waals surface area contributed by atoms with Crippen LogP contribution in [0.4, 0.5) is 0 Å². The number of guanidine groups is 1. The molecule has 1 heterocycles. The van der Waals surface area contributed by atoms with Gasteiger partial charge in [-0.1, -0.05) is 80.1 Å². The molecule has 4 N–H and O–H groups in total. The Kier molecular flexibility index (Phi) is 14.4. The number of carbonyl (C=O) groups is 1. The van der Waals surface area contributed by atoms with Gasteiger partial charge in [-0.05, 0) is 67.1 Å². The highest BCUT2D eigenvalue weighted by Gasteiger charge is 2.19. The lowest BCUT2D eigenvalue weighted by Gasteiger charge is -2.25. The molecule has 0 saturated carbocycles. The number of aliphatic imine (C=N–C) groups is 1. The summed E-state index contributed by atoms with van der Waals surface area (Å²) < 4.78 is 11.5. The summed E-state index contributed by atoms with van der Waals surface area (Å²) in [5, 5.41) is 6.51. The number of ether oxygens (including phenoxy) is 2. The van der Waals surface area contributed by atoms with Crippen molar-refractivity contribution in [3.63, 3.8) is 0 Å². The first-order chi connectivity index (χ1) is 22.1. The second-order valence-electron chi connectivity index (χ2n) is 11.7. The Balaban J connectivity index is 1.40. The van der Waals surface area contributed by atoms with Gasteiger partial charge in [0.1, 0.15) is 5.75 Å². The van der Waals surface area contributed by atoms with Crippen molar-refractivity contribution in [2.24, 2.45) is 10.7 Å². The van der Waals surface area contributed by atoms with Gasteiger partial charge in [0.05, 0.1) is 6.61 Å². The molecule has 8 heteroatoms. The van der Waals surface area contributed by atoms with E-state index in [-0.39, 0.29) is 17.9 Å². The summed E-state index contributed by atoms with van der Waals surface area (Å²) in [6.07, 6.45) is 6.25. The van der Waals surface area contributed by atoms with E-state index in [1.807, 2.05) is 6.07 Å². The Morgan fingerprint density at radius 1 is 0.978 bits per heavy atom. The summed E-state index contributed by atoms with van der Waals surface area (Å²) in [6.45, 7) is 8.10. The van der Waals surface area contributed by atoms with Gasteiger partial charge in [-0.15, -0.1) is 0 Å². The molecule has 1 saturated heterocycles. The number of hydrogen-bond donors (Lipinski definition) is 3. The van der Waals surface area contributed by atoms with Gasteiger partial charge < -0.3 is 25.4 Å². The number of carbonyl (C=O) groups excluding carboxylic acids is 1. The summed E-state index contributed by atoms with van der Waals surface area (Å²) >= 11 is 0. The Morgan fingerprint density at radius 2 is 1.73 bits per heavy atom. The van der Waals surface area contributed by atoms with E-state index < -0.39 is 0 Å². The number of nitrogens with two attached hydrogens (primary N) is 1. The first-order valence-electron chi connectivity index (χ1n) is 16.5. The summed E-state index contributed by atoms with van der Waals surface area (Å²) in [5.74, 6) is 0.857. The van der Waals surface area contributed by atoms with E-state index in [1.54, 1.807) is 7.11 Å². The first-order valence-corrected chi connectivity index (χ1v) is 16.5. The van der Waals surface area contributed by atoms with Crippen molar-refractivity contribution in [3.8, 4) is 16.9 Å². The largest absolute Gasteiger partial charge is 0.493 e. The molecule has 3 aromatic rings. The Bertz CT molecular complexity index is 1320. The van der Waals surface area contributed by atoms with E-state index in [0.29, 0.717) is 32.6 Å². The molecular formula is C37H51N5O3. The predicted octanol–water partition coefficient (Wildman–Crippen LogP) is 5.86. The van der Waals surface area contributed by atoms with Gasteiger partial charge in [-0.2, -0.15) is 0 Å². The van der Waals surface area contributed by atoms with Gasteiger partial charge in [0.25, 0.3) is 0 Å². The SMILES string of the molecule is CCCCN=C(N)NC(=O)CCc1ccc(-c2ccc(CNC(CN3CCCC3)c3ccccc3)cc2)c(OCCCOC)c1. The maximum absolute atomic E-state index is 12.4. The van der Waals surface area contributed by atoms with Crippen LogP contribution in [0.15, 0.2) is 77.8 Å². The molecule has 1 aliphatic heterocycles. The molecule has 3 aromatic carbocycles. The van der Waals surface area contributed by atoms with Crippen LogP contribution in [-0.2, 0) is 22.5 Å². The van der Waals surface area contributed by atoms with Crippen LogP contribution in [-0.4, -0.2) is 63.3 Å². The zero-order valence-electron chi connectivity index (χ0n) is 27.1. The lowest BCUT2D eigenvalue weighted by molar-refractivity contribution is -0.119. The quantitative estimate of drug-likeness (QED) is 0.0944. The molecule has 1 aliphatic rings. The van der Waals surface area contributed by atoms with Crippen molar-refractivity contribution in [1.29, 1.82) is 0 Å². The molecule has 1 amide bonds. The zero-order valence-corrected chi connectivity index (χ0v) is 27.1. The van der Waals surface area contributed by atoms with Gasteiger partial charge in [0.2, 0.25) is 5.91 Å². The fraction of sp³-hybridized carbons (Fsp3) is 0.459. The summed E-state index contributed by atoms with van der Waals surface area (Å²) in [6, 6.07) is 26.0. The topological polar surface area (TPSA) is 101 Å². The van der Waals surface area contributed by atoms with Crippen LogP contribution in [0.1, 0.15) is 68.2 Å². The van der Waals surface area contributed by atoms with Crippen molar-refractivity contribution >= 4 is 11.9 Å². The molecule has 0 aliphatic carbocycles. The predicted molar refractivity (Wildman–Crippen MR) is 183 cm³/mol. The molecule has 0 aromatic heterocycles. The Hall–Kier alpha value is -3.72. The van der Waals surface area contributed by atoms with E-state index in [1.165, 1.54) is 37.1 Å². The third-order valence-corrected chi connectivity index (χ3v) is 8.16. The van der Waals surface area contributed by atoms with Gasteiger partial charge >= 0.3 is 0 Å². The third kappa shape index (κ3) is 11.6. The number of benzene rings is 3. The molecule has 1 fully saturated rings. The van der Waals surface area contributed by atoms with Gasteiger partial charge in [-0.3, -0.25) is 15.1 Å². The smallest absolute Gasteiger partial charge is 0.226 e. The van der Waals surface area contributed by atoms with Crippen LogP contribution in [0, 0.1) is 0 Å². The number of methoxy groups -OCH3 is 1. The van der Waals surface area contributed by atoms with Gasteiger partial charge in [-0.25, -0.2) is 0 Å². The Labute approximate surface area is 269 Å². The zero-order chi connectivity index (χ0) is 31.7. The normalized spacial score (nSPS) is 14.4. The van der Waals surface area contributed by atoms with E-state index in [0.717, 1.165) is 54.8 Å². The second-order valence-corrected chi connectivity index (χ2v) is 11.7. The van der Waals surface area contributed by atoms with E-state index >= 15 is 0 Å². The van der Waals surface area contributed by atoms with Gasteiger partial charge in [0, 0.05) is 57.8 Å². The van der Waals surface area contributed by atoms with Crippen LogP contribution >= 0.6 is 0 Å². The lowest BCUT2D eigenvalue weighted by Crippen LogP contribution is -2.37. The van der Waals surface area contributed by atoms with Crippen LogP contribution < -0.4 is 21.1 Å². The number of aryl methyl sites for hydroxylation is 1. The molecule has 0 bridgehead atoms. The number of nitrogens with one attached hydrogen (secondary N) is 2. The number of amides is 1. The van der Waals surface area contributed by atoms with Crippen molar-refractivity contribution in [3.05, 3.63) is 89.5 Å². The molecule has 8 nitrogen and oxygen atoms in total. The van der Waals surface area contributed by atoms with Crippen molar-refractivity contribution in [2.45, 2.75) is 64.5 Å². The minimum Gasteiger partial charge on any atom is -0.493 e. The first kappa shape index (κ1) is 34.2. The van der Waals surface area contributed by atoms with Crippen LogP contribution in [0.3, 0.4) is 0 Å². The molecule has 242 valence electrons. The number of rotatable bonds is 18. The minimum atomic E-state index is -0.140. The number of nitrogens with zero attached hydrogens (tertiary/aromatic N) is 2.